The predicted octanol–water partition coefficient (Wildman–Crippen LogP) is 3.84. The molecule has 2 unspecified atom stereocenters. The summed E-state index contributed by atoms with van der Waals surface area (Å²) in [5, 5.41) is 9.28. The summed E-state index contributed by atoms with van der Waals surface area (Å²) in [4.78, 5) is 26.7. The molecule has 2 atom stereocenters. The minimum Gasteiger partial charge on any atom is -0.352 e. The van der Waals surface area contributed by atoms with Gasteiger partial charge in [-0.05, 0) is 50.9 Å². The van der Waals surface area contributed by atoms with Gasteiger partial charge in [0.15, 0.2) is 5.65 Å². The second-order valence-electron chi connectivity index (χ2n) is 9.09. The van der Waals surface area contributed by atoms with Crippen molar-refractivity contribution in [2.45, 2.75) is 45.2 Å². The summed E-state index contributed by atoms with van der Waals surface area (Å²) in [6, 6.07) is 5.33. The number of benzene rings is 1. The first-order valence-electron chi connectivity index (χ1n) is 11.9. The SMILES string of the molecule is Cc1nn(C(C)c2ccc(Cl)cc2Cl)c2nc(N3CCN(C(=O)C4CCCCN4)CC3)cnc12. The molecule has 3 aromatic rings. The monoisotopic (exact) mass is 501 g/mol. The van der Waals surface area contributed by atoms with Crippen LogP contribution in [0.4, 0.5) is 5.82 Å². The first kappa shape index (κ1) is 23.3. The highest BCUT2D eigenvalue weighted by Gasteiger charge is 2.29. The van der Waals surface area contributed by atoms with Gasteiger partial charge in [0, 0.05) is 36.2 Å². The van der Waals surface area contributed by atoms with Crippen molar-refractivity contribution < 1.29 is 4.79 Å². The number of nitrogens with zero attached hydrogens (tertiary/aromatic N) is 6. The largest absolute Gasteiger partial charge is 0.352 e. The van der Waals surface area contributed by atoms with Gasteiger partial charge in [0.05, 0.1) is 24.0 Å². The third-order valence-corrected chi connectivity index (χ3v) is 7.42. The van der Waals surface area contributed by atoms with E-state index in [2.05, 4.69) is 15.2 Å². The van der Waals surface area contributed by atoms with Crippen molar-refractivity contribution >= 4 is 46.1 Å². The van der Waals surface area contributed by atoms with Gasteiger partial charge in [-0.2, -0.15) is 5.10 Å². The average Bonchev–Trinajstić information content (AvgIpc) is 3.19. The summed E-state index contributed by atoms with van der Waals surface area (Å²) in [6.45, 7) is 7.73. The van der Waals surface area contributed by atoms with Gasteiger partial charge in [-0.25, -0.2) is 14.6 Å². The molecule has 0 bridgehead atoms. The number of aromatic nitrogens is 4. The minimum atomic E-state index is -0.136. The molecule has 0 aliphatic carbocycles. The second-order valence-corrected chi connectivity index (χ2v) is 9.93. The number of piperidine rings is 1. The fourth-order valence-corrected chi connectivity index (χ4v) is 5.44. The number of hydrogen-bond donors (Lipinski definition) is 1. The number of anilines is 1. The maximum atomic E-state index is 12.9. The Morgan fingerprint density at radius 1 is 1.18 bits per heavy atom. The third-order valence-electron chi connectivity index (χ3n) is 6.86. The summed E-state index contributed by atoms with van der Waals surface area (Å²) in [7, 11) is 0. The fraction of sp³-hybridized carbons (Fsp3) is 0.500. The molecule has 8 nitrogen and oxygen atoms in total. The Bertz CT molecular complexity index is 1200. The van der Waals surface area contributed by atoms with Crippen molar-refractivity contribution in [3.05, 3.63) is 45.7 Å². The van der Waals surface area contributed by atoms with E-state index in [0.29, 0.717) is 23.1 Å². The molecule has 1 aromatic carbocycles. The minimum absolute atomic E-state index is 0.0325. The van der Waals surface area contributed by atoms with Crippen LogP contribution >= 0.6 is 23.2 Å². The van der Waals surface area contributed by atoms with Crippen LogP contribution in [0.5, 0.6) is 0 Å². The van der Waals surface area contributed by atoms with E-state index in [1.54, 1.807) is 6.07 Å². The fourth-order valence-electron chi connectivity index (χ4n) is 4.87. The molecule has 0 saturated carbocycles. The van der Waals surface area contributed by atoms with E-state index in [1.165, 1.54) is 0 Å². The number of piperazine rings is 1. The van der Waals surface area contributed by atoms with Crippen LogP contribution in [0.25, 0.3) is 11.2 Å². The summed E-state index contributed by atoms with van der Waals surface area (Å²) in [5.41, 5.74) is 3.24. The van der Waals surface area contributed by atoms with Crippen LogP contribution in [0.1, 0.15) is 43.5 Å². The summed E-state index contributed by atoms with van der Waals surface area (Å²) < 4.78 is 1.88. The lowest BCUT2D eigenvalue weighted by Crippen LogP contribution is -2.55. The lowest BCUT2D eigenvalue weighted by atomic mass is 10.0. The average molecular weight is 502 g/mol. The van der Waals surface area contributed by atoms with Gasteiger partial charge in [0.25, 0.3) is 0 Å². The van der Waals surface area contributed by atoms with Gasteiger partial charge < -0.3 is 15.1 Å². The molecule has 0 spiro atoms. The Balaban J connectivity index is 1.35. The van der Waals surface area contributed by atoms with E-state index in [9.17, 15) is 4.79 Å². The Hall–Kier alpha value is -2.42. The number of hydrogen-bond acceptors (Lipinski definition) is 6. The van der Waals surface area contributed by atoms with Gasteiger partial charge in [-0.1, -0.05) is 35.7 Å². The lowest BCUT2D eigenvalue weighted by molar-refractivity contribution is -0.134. The van der Waals surface area contributed by atoms with Gasteiger partial charge in [-0.3, -0.25) is 4.79 Å². The maximum Gasteiger partial charge on any atom is 0.239 e. The molecule has 2 aliphatic heterocycles. The lowest BCUT2D eigenvalue weighted by Gasteiger charge is -2.37. The quantitative estimate of drug-likeness (QED) is 0.584. The number of aryl methyl sites for hydroxylation is 1. The van der Waals surface area contributed by atoms with Crippen LogP contribution in [-0.2, 0) is 4.79 Å². The zero-order chi connectivity index (χ0) is 23.8. The van der Waals surface area contributed by atoms with Crippen LogP contribution in [0.15, 0.2) is 24.4 Å². The highest BCUT2D eigenvalue weighted by molar-refractivity contribution is 6.35. The van der Waals surface area contributed by atoms with Crippen molar-refractivity contribution in [1.82, 2.24) is 30.0 Å². The van der Waals surface area contributed by atoms with Crippen LogP contribution in [-0.4, -0.2) is 69.3 Å². The summed E-state index contributed by atoms with van der Waals surface area (Å²) >= 11 is 12.6. The van der Waals surface area contributed by atoms with E-state index in [1.807, 2.05) is 41.8 Å². The van der Waals surface area contributed by atoms with Crippen LogP contribution in [0.3, 0.4) is 0 Å². The molecule has 10 heteroatoms. The zero-order valence-corrected chi connectivity index (χ0v) is 21.0. The normalized spacial score (nSPS) is 20.1. The Labute approximate surface area is 209 Å². The first-order chi connectivity index (χ1) is 16.4. The molecule has 5 rings (SSSR count). The highest BCUT2D eigenvalue weighted by Crippen LogP contribution is 2.31. The van der Waals surface area contributed by atoms with Crippen LogP contribution in [0, 0.1) is 6.92 Å². The number of halogens is 2. The number of nitrogens with one attached hydrogen (secondary N) is 1. The van der Waals surface area contributed by atoms with E-state index in [0.717, 1.165) is 67.1 Å². The Morgan fingerprint density at radius 3 is 2.68 bits per heavy atom. The first-order valence-corrected chi connectivity index (χ1v) is 12.6. The standard InChI is InChI=1S/C24H29Cl2N7O/c1-15-22-23(33(30-15)16(2)18-7-6-17(25)13-19(18)26)29-21(14-28-22)31-9-11-32(12-10-31)24(34)20-5-3-4-8-27-20/h6-7,13-14,16,20,27H,3-5,8-12H2,1-2H3. The van der Waals surface area contributed by atoms with Gasteiger partial charge >= 0.3 is 0 Å². The van der Waals surface area contributed by atoms with Gasteiger partial charge in [-0.15, -0.1) is 0 Å². The molecule has 1 amide bonds. The van der Waals surface area contributed by atoms with Gasteiger partial charge in [0.2, 0.25) is 5.91 Å². The third kappa shape index (κ3) is 4.46. The molecule has 0 radical (unpaired) electrons. The highest BCUT2D eigenvalue weighted by atomic mass is 35.5. The van der Waals surface area contributed by atoms with E-state index >= 15 is 0 Å². The number of rotatable bonds is 4. The predicted molar refractivity (Wildman–Crippen MR) is 135 cm³/mol. The van der Waals surface area contributed by atoms with Crippen molar-refractivity contribution in [3.63, 3.8) is 0 Å². The molecule has 2 aliphatic rings. The maximum absolute atomic E-state index is 12.9. The van der Waals surface area contributed by atoms with E-state index in [4.69, 9.17) is 33.3 Å². The smallest absolute Gasteiger partial charge is 0.239 e. The van der Waals surface area contributed by atoms with Crippen LogP contribution < -0.4 is 10.2 Å². The molecule has 180 valence electrons. The molecule has 2 aromatic heterocycles. The molecular weight excluding hydrogens is 473 g/mol. The summed E-state index contributed by atoms with van der Waals surface area (Å²) in [6.07, 6.45) is 5.01. The van der Waals surface area contributed by atoms with Crippen LogP contribution in [0.2, 0.25) is 10.0 Å². The van der Waals surface area contributed by atoms with E-state index in [-0.39, 0.29) is 18.0 Å². The number of carbonyl (C=O) groups is 1. The van der Waals surface area contributed by atoms with Crippen molar-refractivity contribution in [1.29, 1.82) is 0 Å². The molecule has 34 heavy (non-hydrogen) atoms. The molecular formula is C24H29Cl2N7O. The molecule has 1 N–H and O–H groups in total. The molecule has 2 fully saturated rings. The van der Waals surface area contributed by atoms with Crippen molar-refractivity contribution in [2.24, 2.45) is 0 Å². The zero-order valence-electron chi connectivity index (χ0n) is 19.5. The molecule has 4 heterocycles. The van der Waals surface area contributed by atoms with Crippen molar-refractivity contribution in [2.75, 3.05) is 37.6 Å². The Morgan fingerprint density at radius 2 is 1.97 bits per heavy atom. The number of amides is 1. The van der Waals surface area contributed by atoms with E-state index < -0.39 is 0 Å². The second kappa shape index (κ2) is 9.68. The van der Waals surface area contributed by atoms with Crippen molar-refractivity contribution in [3.8, 4) is 0 Å². The van der Waals surface area contributed by atoms with Gasteiger partial charge in [0.1, 0.15) is 11.3 Å². The molecule has 2 saturated heterocycles. The topological polar surface area (TPSA) is 79.2 Å². The Kier molecular flexibility index (Phi) is 6.64. The number of carbonyl (C=O) groups excluding carboxylic acids is 1. The summed E-state index contributed by atoms with van der Waals surface area (Å²) in [5.74, 6) is 1.02. The number of fused-ring (bicyclic) bond motifs is 1.